The Morgan fingerprint density at radius 1 is 1.29 bits per heavy atom. The number of aryl methyl sites for hydroxylation is 1. The van der Waals surface area contributed by atoms with E-state index in [1.807, 2.05) is 6.07 Å². The zero-order valence-electron chi connectivity index (χ0n) is 10.6. The van der Waals surface area contributed by atoms with Crippen molar-refractivity contribution in [2.75, 3.05) is 18.1 Å². The minimum Gasteiger partial charge on any atom is -0.313 e. The van der Waals surface area contributed by atoms with Crippen LogP contribution in [0.4, 0.5) is 0 Å². The van der Waals surface area contributed by atoms with Crippen LogP contribution in [-0.2, 0) is 16.4 Å². The van der Waals surface area contributed by atoms with E-state index < -0.39 is 9.84 Å². The van der Waals surface area contributed by atoms with E-state index in [1.54, 1.807) is 6.92 Å². The van der Waals surface area contributed by atoms with Gasteiger partial charge in [-0.25, -0.2) is 8.42 Å². The molecular weight excluding hydrogens is 234 g/mol. The fraction of sp³-hybridized carbons (Fsp3) is 0.538. The Kier molecular flexibility index (Phi) is 5.65. The predicted octanol–water partition coefficient (Wildman–Crippen LogP) is 1.91. The van der Waals surface area contributed by atoms with Gasteiger partial charge in [-0.3, -0.25) is 0 Å². The maximum absolute atomic E-state index is 11.2. The van der Waals surface area contributed by atoms with Crippen molar-refractivity contribution in [1.29, 1.82) is 0 Å². The number of hydrogen-bond donors (Lipinski definition) is 1. The van der Waals surface area contributed by atoms with Crippen molar-refractivity contribution in [3.8, 4) is 0 Å². The molecule has 0 aliphatic carbocycles. The molecule has 0 spiro atoms. The molecule has 0 heterocycles. The third-order valence-electron chi connectivity index (χ3n) is 2.66. The average molecular weight is 255 g/mol. The second kappa shape index (κ2) is 6.77. The van der Waals surface area contributed by atoms with Crippen molar-refractivity contribution in [1.82, 2.24) is 5.32 Å². The van der Waals surface area contributed by atoms with E-state index in [4.69, 9.17) is 0 Å². The van der Waals surface area contributed by atoms with Crippen molar-refractivity contribution in [2.24, 2.45) is 0 Å². The van der Waals surface area contributed by atoms with Gasteiger partial charge >= 0.3 is 0 Å². The molecular formula is C13H21NO2S. The lowest BCUT2D eigenvalue weighted by Gasteiger charge is -2.05. The second-order valence-corrected chi connectivity index (χ2v) is 6.73. The Morgan fingerprint density at radius 2 is 2.06 bits per heavy atom. The molecule has 0 fully saturated rings. The van der Waals surface area contributed by atoms with Gasteiger partial charge in [-0.2, -0.15) is 0 Å². The van der Waals surface area contributed by atoms with E-state index in [1.165, 1.54) is 11.1 Å². The van der Waals surface area contributed by atoms with Gasteiger partial charge in [0.1, 0.15) is 9.84 Å². The highest BCUT2D eigenvalue weighted by atomic mass is 32.2. The lowest BCUT2D eigenvalue weighted by Crippen LogP contribution is -2.19. The van der Waals surface area contributed by atoms with Crippen molar-refractivity contribution >= 4 is 9.84 Å². The first-order valence-corrected chi connectivity index (χ1v) is 7.82. The van der Waals surface area contributed by atoms with Crippen LogP contribution in [0.25, 0.3) is 0 Å². The molecule has 1 N–H and O–H groups in total. The highest BCUT2D eigenvalue weighted by molar-refractivity contribution is 7.91. The van der Waals surface area contributed by atoms with Crippen LogP contribution in [0.5, 0.6) is 0 Å². The summed E-state index contributed by atoms with van der Waals surface area (Å²) in [5, 5.41) is 3.26. The van der Waals surface area contributed by atoms with E-state index in [-0.39, 0.29) is 11.5 Å². The standard InChI is InChI=1S/C13H21NO2S/c1-3-17(15,16)9-5-8-14-11-13-7-4-6-12(2)10-13/h4,6-7,10,14H,3,5,8-9,11H2,1-2H3. The van der Waals surface area contributed by atoms with E-state index >= 15 is 0 Å². The summed E-state index contributed by atoms with van der Waals surface area (Å²) in [5.74, 6) is 0.523. The summed E-state index contributed by atoms with van der Waals surface area (Å²) in [5.41, 5.74) is 2.49. The molecule has 0 atom stereocenters. The maximum Gasteiger partial charge on any atom is 0.150 e. The lowest BCUT2D eigenvalue weighted by molar-refractivity contribution is 0.590. The monoisotopic (exact) mass is 255 g/mol. The summed E-state index contributed by atoms with van der Waals surface area (Å²) in [4.78, 5) is 0. The summed E-state index contributed by atoms with van der Waals surface area (Å²) >= 11 is 0. The van der Waals surface area contributed by atoms with Gasteiger partial charge < -0.3 is 5.32 Å². The number of rotatable bonds is 7. The molecule has 0 aliphatic rings. The first-order valence-electron chi connectivity index (χ1n) is 6.00. The maximum atomic E-state index is 11.2. The zero-order valence-corrected chi connectivity index (χ0v) is 11.4. The Balaban J connectivity index is 2.21. The Labute approximate surface area is 104 Å². The topological polar surface area (TPSA) is 46.2 Å². The Morgan fingerprint density at radius 3 is 2.71 bits per heavy atom. The van der Waals surface area contributed by atoms with Crippen molar-refractivity contribution < 1.29 is 8.42 Å². The minimum absolute atomic E-state index is 0.241. The Bertz CT molecular complexity index is 440. The molecule has 1 rings (SSSR count). The first kappa shape index (κ1) is 14.2. The summed E-state index contributed by atoms with van der Waals surface area (Å²) in [6.45, 7) is 5.30. The highest BCUT2D eigenvalue weighted by Crippen LogP contribution is 2.03. The van der Waals surface area contributed by atoms with Gasteiger partial charge in [0.2, 0.25) is 0 Å². The fourth-order valence-corrected chi connectivity index (χ4v) is 2.49. The summed E-state index contributed by atoms with van der Waals surface area (Å²) < 4.78 is 22.5. The molecule has 0 aromatic heterocycles. The molecule has 0 saturated carbocycles. The average Bonchev–Trinajstić information content (AvgIpc) is 2.29. The number of hydrogen-bond acceptors (Lipinski definition) is 3. The van der Waals surface area contributed by atoms with Crippen LogP contribution >= 0.6 is 0 Å². The van der Waals surface area contributed by atoms with Crippen LogP contribution in [0.3, 0.4) is 0 Å². The molecule has 0 unspecified atom stereocenters. The molecule has 0 bridgehead atoms. The third kappa shape index (κ3) is 5.84. The minimum atomic E-state index is -2.81. The van der Waals surface area contributed by atoms with Gasteiger partial charge in [-0.05, 0) is 25.5 Å². The van der Waals surface area contributed by atoms with Gasteiger partial charge in [0.25, 0.3) is 0 Å². The predicted molar refractivity (Wildman–Crippen MR) is 71.8 cm³/mol. The summed E-state index contributed by atoms with van der Waals surface area (Å²) in [6, 6.07) is 8.31. The van der Waals surface area contributed by atoms with Crippen LogP contribution in [0, 0.1) is 6.92 Å². The smallest absolute Gasteiger partial charge is 0.150 e. The molecule has 1 aromatic carbocycles. The van der Waals surface area contributed by atoms with Crippen molar-refractivity contribution in [3.05, 3.63) is 35.4 Å². The highest BCUT2D eigenvalue weighted by Gasteiger charge is 2.05. The van der Waals surface area contributed by atoms with Gasteiger partial charge in [-0.1, -0.05) is 36.8 Å². The molecule has 1 aromatic rings. The van der Waals surface area contributed by atoms with Crippen LogP contribution in [0.2, 0.25) is 0 Å². The molecule has 0 radical (unpaired) electrons. The number of nitrogens with one attached hydrogen (secondary N) is 1. The van der Waals surface area contributed by atoms with Crippen molar-refractivity contribution in [2.45, 2.75) is 26.8 Å². The molecule has 96 valence electrons. The Hall–Kier alpha value is -0.870. The van der Waals surface area contributed by atoms with Crippen LogP contribution < -0.4 is 5.32 Å². The van der Waals surface area contributed by atoms with Gasteiger partial charge in [0.15, 0.2) is 0 Å². The number of sulfone groups is 1. The summed E-state index contributed by atoms with van der Waals surface area (Å²) in [6.07, 6.45) is 0.683. The van der Waals surface area contributed by atoms with E-state index in [0.717, 1.165) is 13.1 Å². The van der Waals surface area contributed by atoms with E-state index in [9.17, 15) is 8.42 Å². The van der Waals surface area contributed by atoms with Gasteiger partial charge in [0, 0.05) is 12.3 Å². The SMILES string of the molecule is CCS(=O)(=O)CCCNCc1cccc(C)c1. The van der Waals surface area contributed by atoms with Gasteiger partial charge in [0.05, 0.1) is 5.75 Å². The molecule has 0 saturated heterocycles. The molecule has 3 nitrogen and oxygen atoms in total. The third-order valence-corrected chi connectivity index (χ3v) is 4.45. The van der Waals surface area contributed by atoms with Crippen LogP contribution in [0.15, 0.2) is 24.3 Å². The molecule has 0 amide bonds. The normalized spacial score (nSPS) is 11.6. The first-order chi connectivity index (χ1) is 8.03. The molecule has 17 heavy (non-hydrogen) atoms. The van der Waals surface area contributed by atoms with Crippen LogP contribution in [0.1, 0.15) is 24.5 Å². The zero-order chi connectivity index (χ0) is 12.7. The van der Waals surface area contributed by atoms with E-state index in [0.29, 0.717) is 6.42 Å². The summed E-state index contributed by atoms with van der Waals surface area (Å²) in [7, 11) is -2.81. The van der Waals surface area contributed by atoms with Crippen LogP contribution in [-0.4, -0.2) is 26.5 Å². The largest absolute Gasteiger partial charge is 0.313 e. The molecule has 0 aliphatic heterocycles. The quantitative estimate of drug-likeness (QED) is 0.757. The van der Waals surface area contributed by atoms with Gasteiger partial charge in [-0.15, -0.1) is 0 Å². The fourth-order valence-electron chi connectivity index (χ4n) is 1.62. The second-order valence-electron chi connectivity index (χ2n) is 4.26. The number of benzene rings is 1. The van der Waals surface area contributed by atoms with Crippen molar-refractivity contribution in [3.63, 3.8) is 0 Å². The van der Waals surface area contributed by atoms with E-state index in [2.05, 4.69) is 30.4 Å². The lowest BCUT2D eigenvalue weighted by atomic mass is 10.1. The molecule has 4 heteroatoms.